The van der Waals surface area contributed by atoms with Crippen molar-refractivity contribution in [2.45, 2.75) is 40.0 Å². The van der Waals surface area contributed by atoms with Gasteiger partial charge in [0.2, 0.25) is 0 Å². The minimum Gasteiger partial charge on any atom is -0.381 e. The molecule has 0 aliphatic carbocycles. The molecule has 17 heavy (non-hydrogen) atoms. The molecule has 0 aromatic heterocycles. The lowest BCUT2D eigenvalue weighted by atomic mass is 9.86. The summed E-state index contributed by atoms with van der Waals surface area (Å²) in [5, 5.41) is 3.51. The number of hydrogen-bond acceptors (Lipinski definition) is 3. The molecule has 0 aromatic rings. The summed E-state index contributed by atoms with van der Waals surface area (Å²) in [7, 11) is 0. The van der Waals surface area contributed by atoms with Gasteiger partial charge in [-0.1, -0.05) is 27.2 Å². The Hall–Kier alpha value is -0.120. The van der Waals surface area contributed by atoms with Gasteiger partial charge < -0.3 is 15.0 Å². The van der Waals surface area contributed by atoms with E-state index < -0.39 is 0 Å². The summed E-state index contributed by atoms with van der Waals surface area (Å²) in [5.74, 6) is 0. The molecule has 1 unspecified atom stereocenters. The van der Waals surface area contributed by atoms with E-state index in [1.807, 2.05) is 0 Å². The zero-order valence-corrected chi connectivity index (χ0v) is 11.9. The first kappa shape index (κ1) is 14.9. The van der Waals surface area contributed by atoms with E-state index in [9.17, 15) is 0 Å². The third kappa shape index (κ3) is 4.94. The Morgan fingerprint density at radius 2 is 2.12 bits per heavy atom. The van der Waals surface area contributed by atoms with Gasteiger partial charge in [-0.2, -0.15) is 0 Å². The highest BCUT2D eigenvalue weighted by Crippen LogP contribution is 2.29. The number of rotatable bonds is 9. The Labute approximate surface area is 107 Å². The molecule has 1 atom stereocenters. The van der Waals surface area contributed by atoms with Crippen molar-refractivity contribution in [1.29, 1.82) is 0 Å². The fourth-order valence-corrected chi connectivity index (χ4v) is 2.56. The monoisotopic (exact) mass is 242 g/mol. The topological polar surface area (TPSA) is 24.5 Å². The fourth-order valence-electron chi connectivity index (χ4n) is 2.56. The van der Waals surface area contributed by atoms with Crippen molar-refractivity contribution in [3.8, 4) is 0 Å². The summed E-state index contributed by atoms with van der Waals surface area (Å²) >= 11 is 0. The normalized spacial score (nSPS) is 24.7. The zero-order valence-electron chi connectivity index (χ0n) is 11.9. The third-order valence-corrected chi connectivity index (χ3v) is 3.77. The van der Waals surface area contributed by atoms with Gasteiger partial charge in [0.1, 0.15) is 0 Å². The highest BCUT2D eigenvalue weighted by atomic mass is 16.5. The van der Waals surface area contributed by atoms with Crippen LogP contribution in [0.2, 0.25) is 0 Å². The lowest BCUT2D eigenvalue weighted by Crippen LogP contribution is -2.45. The van der Waals surface area contributed by atoms with E-state index >= 15 is 0 Å². The Balaban J connectivity index is 2.45. The molecule has 0 radical (unpaired) electrons. The number of unbranched alkanes of at least 4 members (excludes halogenated alkanes) is 1. The van der Waals surface area contributed by atoms with Gasteiger partial charge in [0.25, 0.3) is 0 Å². The van der Waals surface area contributed by atoms with Crippen molar-refractivity contribution in [2.24, 2.45) is 5.41 Å². The molecule has 0 saturated carbocycles. The van der Waals surface area contributed by atoms with Crippen LogP contribution in [-0.4, -0.2) is 50.8 Å². The Morgan fingerprint density at radius 3 is 2.65 bits per heavy atom. The van der Waals surface area contributed by atoms with Gasteiger partial charge in [0.15, 0.2) is 0 Å². The van der Waals surface area contributed by atoms with Gasteiger partial charge in [-0.15, -0.1) is 0 Å². The summed E-state index contributed by atoms with van der Waals surface area (Å²) in [4.78, 5) is 2.59. The highest BCUT2D eigenvalue weighted by molar-refractivity contribution is 4.88. The summed E-state index contributed by atoms with van der Waals surface area (Å²) < 4.78 is 5.64. The zero-order chi connectivity index (χ0) is 12.6. The average Bonchev–Trinajstić information content (AvgIpc) is 2.81. The number of nitrogens with one attached hydrogen (secondary N) is 1. The van der Waals surface area contributed by atoms with Gasteiger partial charge in [0.05, 0.1) is 6.61 Å². The fraction of sp³-hybridized carbons (Fsp3) is 1.00. The van der Waals surface area contributed by atoms with Crippen LogP contribution in [0.5, 0.6) is 0 Å². The van der Waals surface area contributed by atoms with Crippen molar-refractivity contribution in [2.75, 3.05) is 45.9 Å². The van der Waals surface area contributed by atoms with Gasteiger partial charge >= 0.3 is 0 Å². The predicted molar refractivity (Wildman–Crippen MR) is 73.4 cm³/mol. The van der Waals surface area contributed by atoms with Crippen LogP contribution in [0, 0.1) is 5.41 Å². The Kier molecular flexibility index (Phi) is 7.09. The van der Waals surface area contributed by atoms with E-state index in [1.54, 1.807) is 0 Å². The Bertz CT molecular complexity index is 191. The van der Waals surface area contributed by atoms with Gasteiger partial charge in [0, 0.05) is 25.1 Å². The van der Waals surface area contributed by atoms with Crippen LogP contribution in [0.25, 0.3) is 0 Å². The van der Waals surface area contributed by atoms with E-state index in [-0.39, 0.29) is 0 Å². The molecule has 1 heterocycles. The minimum atomic E-state index is 0.361. The van der Waals surface area contributed by atoms with Crippen LogP contribution < -0.4 is 5.32 Å². The largest absolute Gasteiger partial charge is 0.381 e. The van der Waals surface area contributed by atoms with E-state index in [2.05, 4.69) is 31.0 Å². The maximum atomic E-state index is 5.64. The first-order valence-corrected chi connectivity index (χ1v) is 7.27. The molecule has 1 rings (SSSR count). The first-order chi connectivity index (χ1) is 8.26. The van der Waals surface area contributed by atoms with Crippen molar-refractivity contribution in [3.05, 3.63) is 0 Å². The minimum absolute atomic E-state index is 0.361. The quantitative estimate of drug-likeness (QED) is 0.670. The van der Waals surface area contributed by atoms with Gasteiger partial charge in [-0.05, 0) is 32.5 Å². The van der Waals surface area contributed by atoms with Crippen molar-refractivity contribution in [3.63, 3.8) is 0 Å². The molecule has 1 fully saturated rings. The SMILES string of the molecule is CCCCN(CC)CC1(CNCC)CCOC1. The molecule has 0 amide bonds. The van der Waals surface area contributed by atoms with E-state index in [0.717, 1.165) is 32.8 Å². The van der Waals surface area contributed by atoms with E-state index in [1.165, 1.54) is 32.4 Å². The number of ether oxygens (including phenoxy) is 1. The molecule has 0 spiro atoms. The molecule has 1 saturated heterocycles. The van der Waals surface area contributed by atoms with Crippen LogP contribution in [-0.2, 0) is 4.74 Å². The van der Waals surface area contributed by atoms with Crippen molar-refractivity contribution >= 4 is 0 Å². The van der Waals surface area contributed by atoms with Crippen molar-refractivity contribution in [1.82, 2.24) is 10.2 Å². The average molecular weight is 242 g/mol. The van der Waals surface area contributed by atoms with Crippen LogP contribution in [0.4, 0.5) is 0 Å². The molecular formula is C14H30N2O. The first-order valence-electron chi connectivity index (χ1n) is 7.27. The molecule has 1 aliphatic heterocycles. The summed E-state index contributed by atoms with van der Waals surface area (Å²) in [6, 6.07) is 0. The van der Waals surface area contributed by atoms with Crippen LogP contribution >= 0.6 is 0 Å². The molecule has 102 valence electrons. The second-order valence-electron chi connectivity index (χ2n) is 5.31. The molecule has 1 N–H and O–H groups in total. The smallest absolute Gasteiger partial charge is 0.0547 e. The third-order valence-electron chi connectivity index (χ3n) is 3.77. The molecular weight excluding hydrogens is 212 g/mol. The second-order valence-corrected chi connectivity index (χ2v) is 5.31. The maximum Gasteiger partial charge on any atom is 0.0547 e. The standard InChI is InChI=1S/C14H30N2O/c1-4-7-9-16(6-3)12-14(11-15-5-2)8-10-17-13-14/h15H,4-13H2,1-3H3. The van der Waals surface area contributed by atoms with E-state index in [0.29, 0.717) is 5.41 Å². The molecule has 0 aromatic carbocycles. The van der Waals surface area contributed by atoms with Crippen molar-refractivity contribution < 1.29 is 4.74 Å². The summed E-state index contributed by atoms with van der Waals surface area (Å²) in [6.45, 7) is 14.3. The molecule has 3 nitrogen and oxygen atoms in total. The summed E-state index contributed by atoms with van der Waals surface area (Å²) in [5.41, 5.74) is 0.361. The van der Waals surface area contributed by atoms with Crippen LogP contribution in [0.15, 0.2) is 0 Å². The summed E-state index contributed by atoms with van der Waals surface area (Å²) in [6.07, 6.45) is 3.81. The highest BCUT2D eigenvalue weighted by Gasteiger charge is 2.35. The lowest BCUT2D eigenvalue weighted by molar-refractivity contribution is 0.110. The molecule has 3 heteroatoms. The van der Waals surface area contributed by atoms with Crippen LogP contribution in [0.1, 0.15) is 40.0 Å². The van der Waals surface area contributed by atoms with Gasteiger partial charge in [-0.3, -0.25) is 0 Å². The van der Waals surface area contributed by atoms with E-state index in [4.69, 9.17) is 4.74 Å². The predicted octanol–water partition coefficient (Wildman–Crippen LogP) is 2.12. The maximum absolute atomic E-state index is 5.64. The number of nitrogens with zero attached hydrogens (tertiary/aromatic N) is 1. The van der Waals surface area contributed by atoms with Crippen LogP contribution in [0.3, 0.4) is 0 Å². The molecule has 0 bridgehead atoms. The van der Waals surface area contributed by atoms with Gasteiger partial charge in [-0.25, -0.2) is 0 Å². The lowest BCUT2D eigenvalue weighted by Gasteiger charge is -2.34. The Morgan fingerprint density at radius 1 is 1.29 bits per heavy atom. The second kappa shape index (κ2) is 8.06. The number of hydrogen-bond donors (Lipinski definition) is 1. The molecule has 1 aliphatic rings.